The van der Waals surface area contributed by atoms with Gasteiger partial charge in [0.25, 0.3) is 0 Å². The maximum Gasteiger partial charge on any atom is 0.245 e. The molecule has 1 heterocycles. The molecule has 0 amide bonds. The molecule has 7 heteroatoms. The van der Waals surface area contributed by atoms with Crippen LogP contribution in [0.2, 0.25) is 0 Å². The second kappa shape index (κ2) is 6.02. The normalized spacial score (nSPS) is 17.8. The number of anilines is 1. The summed E-state index contributed by atoms with van der Waals surface area (Å²) in [4.78, 5) is 2.26. The molecule has 0 saturated carbocycles. The highest BCUT2D eigenvalue weighted by molar-refractivity contribution is 7.89. The van der Waals surface area contributed by atoms with Gasteiger partial charge in [0.1, 0.15) is 4.90 Å². The monoisotopic (exact) mass is 308 g/mol. The summed E-state index contributed by atoms with van der Waals surface area (Å²) in [6.45, 7) is 1.76. The van der Waals surface area contributed by atoms with Gasteiger partial charge in [-0.2, -0.15) is 9.57 Å². The van der Waals surface area contributed by atoms with Crippen molar-refractivity contribution in [3.05, 3.63) is 23.8 Å². The van der Waals surface area contributed by atoms with Crippen molar-refractivity contribution in [1.82, 2.24) is 9.21 Å². The van der Waals surface area contributed by atoms with Crippen molar-refractivity contribution in [1.29, 1.82) is 5.26 Å². The van der Waals surface area contributed by atoms with Crippen molar-refractivity contribution in [3.63, 3.8) is 0 Å². The van der Waals surface area contributed by atoms with Crippen molar-refractivity contribution in [2.45, 2.75) is 23.8 Å². The summed E-state index contributed by atoms with van der Waals surface area (Å²) < 4.78 is 26.8. The molecular weight excluding hydrogens is 288 g/mol. The zero-order valence-electron chi connectivity index (χ0n) is 12.3. The minimum atomic E-state index is -3.63. The van der Waals surface area contributed by atoms with Crippen molar-refractivity contribution in [2.24, 2.45) is 0 Å². The Hall–Kier alpha value is -1.62. The number of benzene rings is 1. The van der Waals surface area contributed by atoms with Crippen molar-refractivity contribution >= 4 is 15.7 Å². The molecule has 0 aromatic heterocycles. The molecule has 6 nitrogen and oxygen atoms in total. The highest BCUT2D eigenvalue weighted by Crippen LogP contribution is 2.26. The Labute approximate surface area is 125 Å². The molecule has 0 bridgehead atoms. The first-order valence-electron chi connectivity index (χ1n) is 6.82. The summed E-state index contributed by atoms with van der Waals surface area (Å²) in [5, 5.41) is 8.82. The summed E-state index contributed by atoms with van der Waals surface area (Å²) in [5.41, 5.74) is 6.28. The van der Waals surface area contributed by atoms with E-state index >= 15 is 0 Å². The molecule has 0 radical (unpaired) electrons. The van der Waals surface area contributed by atoms with E-state index in [9.17, 15) is 8.42 Å². The van der Waals surface area contributed by atoms with Gasteiger partial charge in [-0.3, -0.25) is 0 Å². The van der Waals surface area contributed by atoms with Crippen LogP contribution in [0.15, 0.2) is 23.1 Å². The molecule has 21 heavy (non-hydrogen) atoms. The van der Waals surface area contributed by atoms with Gasteiger partial charge in [-0.05, 0) is 51.2 Å². The number of likely N-dealkylation sites (tertiary alicyclic amines) is 1. The third-order valence-corrected chi connectivity index (χ3v) is 5.98. The second-order valence-corrected chi connectivity index (χ2v) is 7.39. The number of sulfonamides is 1. The number of piperidine rings is 1. The van der Waals surface area contributed by atoms with Crippen molar-refractivity contribution in [2.75, 3.05) is 32.9 Å². The zero-order chi connectivity index (χ0) is 15.6. The molecule has 1 aromatic carbocycles. The standard InChI is InChI=1S/C14H20N4O2S/c1-17-7-5-12(6-8-17)18(2)21(19,20)14-4-3-11(10-15)9-13(14)16/h3-4,9,12H,5-8,16H2,1-2H3. The van der Waals surface area contributed by atoms with Crippen LogP contribution in [0.5, 0.6) is 0 Å². The van der Waals surface area contributed by atoms with Crippen LogP contribution in [0.4, 0.5) is 5.69 Å². The summed E-state index contributed by atoms with van der Waals surface area (Å²) in [6, 6.07) is 6.22. The third kappa shape index (κ3) is 3.18. The fourth-order valence-electron chi connectivity index (χ4n) is 2.56. The Balaban J connectivity index is 2.27. The molecule has 0 unspecified atom stereocenters. The second-order valence-electron chi connectivity index (χ2n) is 5.42. The molecule has 1 saturated heterocycles. The zero-order valence-corrected chi connectivity index (χ0v) is 13.1. The van der Waals surface area contributed by atoms with Gasteiger partial charge in [-0.25, -0.2) is 8.42 Å². The van der Waals surface area contributed by atoms with Gasteiger partial charge in [0, 0.05) is 13.1 Å². The molecule has 2 N–H and O–H groups in total. The van der Waals surface area contributed by atoms with E-state index in [0.29, 0.717) is 5.56 Å². The van der Waals surface area contributed by atoms with Gasteiger partial charge in [0.2, 0.25) is 10.0 Å². The first-order chi connectivity index (χ1) is 9.86. The number of rotatable bonds is 3. The fourth-order valence-corrected chi connectivity index (χ4v) is 4.07. The molecule has 2 rings (SSSR count). The molecule has 1 aliphatic heterocycles. The van der Waals surface area contributed by atoms with Crippen molar-refractivity contribution in [3.8, 4) is 6.07 Å². The van der Waals surface area contributed by atoms with E-state index in [1.165, 1.54) is 22.5 Å². The molecule has 114 valence electrons. The average Bonchev–Trinajstić information content (AvgIpc) is 2.46. The number of nitrogens with zero attached hydrogens (tertiary/aromatic N) is 3. The van der Waals surface area contributed by atoms with Gasteiger partial charge in [0.15, 0.2) is 0 Å². The predicted octanol–water partition coefficient (Wildman–Crippen LogP) is 0.855. The number of nitriles is 1. The number of nitrogen functional groups attached to an aromatic ring is 1. The Morgan fingerprint density at radius 1 is 1.38 bits per heavy atom. The summed E-state index contributed by atoms with van der Waals surface area (Å²) in [6.07, 6.45) is 1.62. The SMILES string of the molecule is CN1CCC(N(C)S(=O)(=O)c2ccc(C#N)cc2N)CC1. The molecule has 0 atom stereocenters. The van der Waals surface area contributed by atoms with E-state index in [2.05, 4.69) is 4.90 Å². The molecule has 0 spiro atoms. The van der Waals surface area contributed by atoms with Gasteiger partial charge >= 0.3 is 0 Å². The summed E-state index contributed by atoms with van der Waals surface area (Å²) >= 11 is 0. The highest BCUT2D eigenvalue weighted by Gasteiger charge is 2.31. The lowest BCUT2D eigenvalue weighted by molar-refractivity contribution is 0.197. The Bertz CT molecular complexity index is 658. The molecule has 1 aromatic rings. The minimum Gasteiger partial charge on any atom is -0.398 e. The van der Waals surface area contributed by atoms with Crippen LogP contribution >= 0.6 is 0 Å². The van der Waals surface area contributed by atoms with E-state index < -0.39 is 10.0 Å². The summed E-state index contributed by atoms with van der Waals surface area (Å²) in [7, 11) is -0.0000993. The maximum absolute atomic E-state index is 12.7. The van der Waals surface area contributed by atoms with Gasteiger partial charge in [0.05, 0.1) is 17.3 Å². The van der Waals surface area contributed by atoms with E-state index in [0.717, 1.165) is 25.9 Å². The number of nitrogens with two attached hydrogens (primary N) is 1. The predicted molar refractivity (Wildman–Crippen MR) is 81.0 cm³/mol. The van der Waals surface area contributed by atoms with Gasteiger partial charge in [-0.1, -0.05) is 0 Å². The van der Waals surface area contributed by atoms with E-state index in [1.807, 2.05) is 13.1 Å². The van der Waals surface area contributed by atoms with Crippen LogP contribution in [0.3, 0.4) is 0 Å². The largest absolute Gasteiger partial charge is 0.398 e. The van der Waals surface area contributed by atoms with Crippen LogP contribution in [0, 0.1) is 11.3 Å². The molecule has 1 aliphatic rings. The first kappa shape index (κ1) is 15.8. The third-order valence-electron chi connectivity index (χ3n) is 4.00. The smallest absolute Gasteiger partial charge is 0.245 e. The lowest BCUT2D eigenvalue weighted by Gasteiger charge is -2.34. The van der Waals surface area contributed by atoms with Crippen molar-refractivity contribution < 1.29 is 8.42 Å². The minimum absolute atomic E-state index is 0.0127. The van der Waals surface area contributed by atoms with E-state index in [-0.39, 0.29) is 16.6 Å². The number of hydrogen-bond acceptors (Lipinski definition) is 5. The Kier molecular flexibility index (Phi) is 4.52. The van der Waals surface area contributed by atoms with Gasteiger partial charge < -0.3 is 10.6 Å². The average molecular weight is 308 g/mol. The van der Waals surface area contributed by atoms with Gasteiger partial charge in [-0.15, -0.1) is 0 Å². The molecule has 1 fully saturated rings. The van der Waals surface area contributed by atoms with Crippen LogP contribution in [-0.4, -0.2) is 50.8 Å². The van der Waals surface area contributed by atoms with E-state index in [1.54, 1.807) is 7.05 Å². The van der Waals surface area contributed by atoms with Crippen LogP contribution in [-0.2, 0) is 10.0 Å². The Morgan fingerprint density at radius 3 is 2.52 bits per heavy atom. The maximum atomic E-state index is 12.7. The number of hydrogen-bond donors (Lipinski definition) is 1. The lowest BCUT2D eigenvalue weighted by atomic mass is 10.1. The van der Waals surface area contributed by atoms with Crippen LogP contribution < -0.4 is 5.73 Å². The quantitative estimate of drug-likeness (QED) is 0.836. The lowest BCUT2D eigenvalue weighted by Crippen LogP contribution is -2.44. The van der Waals surface area contributed by atoms with Crippen LogP contribution in [0.1, 0.15) is 18.4 Å². The van der Waals surface area contributed by atoms with Crippen LogP contribution in [0.25, 0.3) is 0 Å². The highest BCUT2D eigenvalue weighted by atomic mass is 32.2. The van der Waals surface area contributed by atoms with E-state index in [4.69, 9.17) is 11.0 Å². The molecular formula is C14H20N4O2S. The topological polar surface area (TPSA) is 90.4 Å². The first-order valence-corrected chi connectivity index (χ1v) is 8.26. The Morgan fingerprint density at radius 2 is 2.00 bits per heavy atom. The summed E-state index contributed by atoms with van der Waals surface area (Å²) in [5.74, 6) is 0. The molecule has 0 aliphatic carbocycles. The fraction of sp³-hybridized carbons (Fsp3) is 0.500.